The molecule has 0 aliphatic carbocycles. The van der Waals surface area contributed by atoms with E-state index in [9.17, 15) is 4.79 Å². The van der Waals surface area contributed by atoms with Gasteiger partial charge in [0.25, 0.3) is 0 Å². The number of nitrogens with one attached hydrogen (secondary N) is 1. The second kappa shape index (κ2) is 2.24. The van der Waals surface area contributed by atoms with E-state index in [-0.39, 0.29) is 0 Å². The van der Waals surface area contributed by atoms with Gasteiger partial charge in [0.15, 0.2) is 5.58 Å². The number of H-pyrrole nitrogens is 1. The quantitative estimate of drug-likeness (QED) is 0.624. The molecular weight excluding hydrogens is 156 g/mol. The zero-order valence-corrected chi connectivity index (χ0v) is 6.00. The second-order valence-corrected chi connectivity index (χ2v) is 2.31. The normalized spacial score (nSPS) is 9.92. The summed E-state index contributed by atoms with van der Waals surface area (Å²) in [4.78, 5) is 13.2. The number of rotatable bonds is 0. The number of nitriles is 1. The van der Waals surface area contributed by atoms with Crippen molar-refractivity contribution in [3.63, 3.8) is 0 Å². The molecule has 0 aliphatic rings. The van der Waals surface area contributed by atoms with Crippen LogP contribution < -0.4 is 5.76 Å². The summed E-state index contributed by atoms with van der Waals surface area (Å²) in [5.41, 5.74) is 1.29. The molecule has 2 aromatic rings. The molecule has 1 N–H and O–H groups in total. The van der Waals surface area contributed by atoms with Crippen molar-refractivity contribution in [2.75, 3.05) is 0 Å². The third kappa shape index (κ3) is 0.805. The summed E-state index contributed by atoms with van der Waals surface area (Å²) >= 11 is 0. The maximum Gasteiger partial charge on any atom is 0.417 e. The summed E-state index contributed by atoms with van der Waals surface area (Å²) in [6, 6.07) is 6.87. The molecule has 2 rings (SSSR count). The average Bonchev–Trinajstić information content (AvgIpc) is 2.44. The maximum atomic E-state index is 10.7. The van der Waals surface area contributed by atoms with Crippen LogP contribution in [0.15, 0.2) is 27.4 Å². The molecule has 0 unspecified atom stereocenters. The topological polar surface area (TPSA) is 69.8 Å². The van der Waals surface area contributed by atoms with Crippen molar-refractivity contribution in [1.82, 2.24) is 4.98 Å². The first-order valence-corrected chi connectivity index (χ1v) is 3.33. The van der Waals surface area contributed by atoms with Crippen molar-refractivity contribution < 1.29 is 4.42 Å². The van der Waals surface area contributed by atoms with Gasteiger partial charge in [-0.2, -0.15) is 5.26 Å². The minimum absolute atomic E-state index is 0.415. The van der Waals surface area contributed by atoms with Crippen LogP contribution in [0.1, 0.15) is 5.56 Å². The molecule has 0 saturated heterocycles. The molecule has 0 aliphatic heterocycles. The summed E-state index contributed by atoms with van der Waals surface area (Å²) in [6.07, 6.45) is 0. The number of nitrogens with zero attached hydrogens (tertiary/aromatic N) is 1. The number of benzene rings is 1. The third-order valence-corrected chi connectivity index (χ3v) is 1.58. The first-order chi connectivity index (χ1) is 5.81. The Labute approximate surface area is 67.0 Å². The number of oxazole rings is 1. The van der Waals surface area contributed by atoms with Gasteiger partial charge in [-0.15, -0.1) is 0 Å². The summed E-state index contributed by atoms with van der Waals surface area (Å²) in [7, 11) is 0. The standard InChI is InChI=1S/C8H4N2O2/c9-4-5-2-1-3-6-7(5)10-8(11)12-6/h1-3H,(H,10,11). The fourth-order valence-electron chi connectivity index (χ4n) is 1.07. The Morgan fingerprint density at radius 3 is 3.08 bits per heavy atom. The van der Waals surface area contributed by atoms with Crippen molar-refractivity contribution >= 4 is 11.1 Å². The highest BCUT2D eigenvalue weighted by Crippen LogP contribution is 2.13. The van der Waals surface area contributed by atoms with Gasteiger partial charge in [0.05, 0.1) is 5.56 Å². The van der Waals surface area contributed by atoms with E-state index >= 15 is 0 Å². The van der Waals surface area contributed by atoms with Crippen LogP contribution in [-0.2, 0) is 0 Å². The third-order valence-electron chi connectivity index (χ3n) is 1.58. The van der Waals surface area contributed by atoms with E-state index in [1.165, 1.54) is 0 Å². The van der Waals surface area contributed by atoms with Crippen LogP contribution in [0.25, 0.3) is 11.1 Å². The average molecular weight is 160 g/mol. The van der Waals surface area contributed by atoms with Gasteiger partial charge in [0, 0.05) is 0 Å². The summed E-state index contributed by atoms with van der Waals surface area (Å²) in [5, 5.41) is 8.63. The van der Waals surface area contributed by atoms with Crippen molar-refractivity contribution in [3.8, 4) is 6.07 Å². The molecule has 1 aromatic heterocycles. The van der Waals surface area contributed by atoms with Crippen LogP contribution in [-0.4, -0.2) is 4.98 Å². The molecular formula is C8H4N2O2. The van der Waals surface area contributed by atoms with Gasteiger partial charge >= 0.3 is 5.76 Å². The van der Waals surface area contributed by atoms with Gasteiger partial charge in [0.2, 0.25) is 0 Å². The lowest BCUT2D eigenvalue weighted by molar-refractivity contribution is 0.555. The smallest absolute Gasteiger partial charge is 0.408 e. The molecule has 58 valence electrons. The van der Waals surface area contributed by atoms with E-state index in [1.54, 1.807) is 18.2 Å². The molecule has 0 spiro atoms. The summed E-state index contributed by atoms with van der Waals surface area (Å²) in [6.45, 7) is 0. The molecule has 0 bridgehead atoms. The Bertz CT molecular complexity index is 516. The lowest BCUT2D eigenvalue weighted by atomic mass is 10.2. The van der Waals surface area contributed by atoms with E-state index < -0.39 is 5.76 Å². The molecule has 0 atom stereocenters. The Balaban J connectivity index is 2.99. The van der Waals surface area contributed by atoms with E-state index in [1.807, 2.05) is 6.07 Å². The van der Waals surface area contributed by atoms with Crippen LogP contribution in [0.5, 0.6) is 0 Å². The molecule has 12 heavy (non-hydrogen) atoms. The highest BCUT2D eigenvalue weighted by molar-refractivity contribution is 5.78. The minimum atomic E-state index is -0.535. The number of hydrogen-bond donors (Lipinski definition) is 1. The number of aromatic amines is 1. The maximum absolute atomic E-state index is 10.7. The number of aromatic nitrogens is 1. The van der Waals surface area contributed by atoms with Crippen molar-refractivity contribution in [1.29, 1.82) is 5.26 Å². The van der Waals surface area contributed by atoms with Gasteiger partial charge in [-0.1, -0.05) is 6.07 Å². The number of para-hydroxylation sites is 1. The molecule has 0 fully saturated rings. The van der Waals surface area contributed by atoms with Crippen LogP contribution in [0.3, 0.4) is 0 Å². The van der Waals surface area contributed by atoms with Crippen LogP contribution in [0.2, 0.25) is 0 Å². The number of fused-ring (bicyclic) bond motifs is 1. The number of hydrogen-bond acceptors (Lipinski definition) is 3. The van der Waals surface area contributed by atoms with Crippen molar-refractivity contribution in [3.05, 3.63) is 34.3 Å². The second-order valence-electron chi connectivity index (χ2n) is 2.31. The molecule has 4 nitrogen and oxygen atoms in total. The van der Waals surface area contributed by atoms with Gasteiger partial charge in [-0.25, -0.2) is 4.79 Å². The minimum Gasteiger partial charge on any atom is -0.408 e. The Hall–Kier alpha value is -2.02. The first kappa shape index (κ1) is 6.68. The highest BCUT2D eigenvalue weighted by atomic mass is 16.4. The van der Waals surface area contributed by atoms with E-state index in [0.717, 1.165) is 0 Å². The van der Waals surface area contributed by atoms with E-state index in [4.69, 9.17) is 9.68 Å². The van der Waals surface area contributed by atoms with Crippen LogP contribution in [0.4, 0.5) is 0 Å². The summed E-state index contributed by atoms with van der Waals surface area (Å²) < 4.78 is 4.75. The first-order valence-electron chi connectivity index (χ1n) is 3.33. The lowest BCUT2D eigenvalue weighted by Crippen LogP contribution is -1.93. The monoisotopic (exact) mass is 160 g/mol. The Morgan fingerprint density at radius 2 is 2.33 bits per heavy atom. The fraction of sp³-hybridized carbons (Fsp3) is 0. The van der Waals surface area contributed by atoms with Crippen LogP contribution in [0, 0.1) is 11.3 Å². The van der Waals surface area contributed by atoms with E-state index in [0.29, 0.717) is 16.7 Å². The molecule has 0 saturated carbocycles. The molecule has 0 radical (unpaired) electrons. The highest BCUT2D eigenvalue weighted by Gasteiger charge is 2.03. The molecule has 1 aromatic carbocycles. The summed E-state index contributed by atoms with van der Waals surface area (Å²) in [5.74, 6) is -0.535. The largest absolute Gasteiger partial charge is 0.417 e. The van der Waals surface area contributed by atoms with Crippen molar-refractivity contribution in [2.45, 2.75) is 0 Å². The van der Waals surface area contributed by atoms with E-state index in [2.05, 4.69) is 4.98 Å². The SMILES string of the molecule is N#Cc1cccc2oc(=O)[nH]c12. The zero-order chi connectivity index (χ0) is 8.55. The van der Waals surface area contributed by atoms with Crippen LogP contribution >= 0.6 is 0 Å². The van der Waals surface area contributed by atoms with Crippen molar-refractivity contribution in [2.24, 2.45) is 0 Å². The zero-order valence-electron chi connectivity index (χ0n) is 6.00. The molecule has 4 heteroatoms. The van der Waals surface area contributed by atoms with Gasteiger partial charge in [0.1, 0.15) is 11.6 Å². The predicted octanol–water partition coefficient (Wildman–Crippen LogP) is 0.993. The molecule has 1 heterocycles. The van der Waals surface area contributed by atoms with Gasteiger partial charge < -0.3 is 4.42 Å². The van der Waals surface area contributed by atoms with Gasteiger partial charge in [-0.3, -0.25) is 4.98 Å². The fourth-order valence-corrected chi connectivity index (χ4v) is 1.07. The Kier molecular flexibility index (Phi) is 1.25. The predicted molar refractivity (Wildman–Crippen MR) is 41.5 cm³/mol. The Morgan fingerprint density at radius 1 is 1.50 bits per heavy atom. The molecule has 0 amide bonds. The lowest BCUT2D eigenvalue weighted by Gasteiger charge is -1.87. The van der Waals surface area contributed by atoms with Gasteiger partial charge in [-0.05, 0) is 12.1 Å².